The number of nitro benzene ring substituents is 1. The summed E-state index contributed by atoms with van der Waals surface area (Å²) in [7, 11) is 1.34. The van der Waals surface area contributed by atoms with Crippen molar-refractivity contribution in [2.75, 3.05) is 7.11 Å². The van der Waals surface area contributed by atoms with Crippen molar-refractivity contribution >= 4 is 17.6 Å². The molecule has 0 unspecified atom stereocenters. The summed E-state index contributed by atoms with van der Waals surface area (Å²) < 4.78 is 5.04. The van der Waals surface area contributed by atoms with Gasteiger partial charge < -0.3 is 15.2 Å². The zero-order valence-corrected chi connectivity index (χ0v) is 13.3. The van der Waals surface area contributed by atoms with Gasteiger partial charge in [0.2, 0.25) is 0 Å². The third-order valence-electron chi connectivity index (χ3n) is 3.46. The molecule has 1 aromatic rings. The molecule has 0 aromatic heterocycles. The van der Waals surface area contributed by atoms with Gasteiger partial charge in [-0.05, 0) is 19.4 Å². The molecule has 0 radical (unpaired) electrons. The number of amides is 1. The Hall–Kier alpha value is -2.64. The zero-order chi connectivity index (χ0) is 17.6. The molecule has 1 amide bonds. The van der Waals surface area contributed by atoms with Crippen molar-refractivity contribution in [2.45, 2.75) is 39.2 Å². The minimum absolute atomic E-state index is 0.0121. The fourth-order valence-electron chi connectivity index (χ4n) is 2.11. The van der Waals surface area contributed by atoms with Gasteiger partial charge >= 0.3 is 5.97 Å². The maximum absolute atomic E-state index is 12.2. The summed E-state index contributed by atoms with van der Waals surface area (Å²) >= 11 is 0. The monoisotopic (exact) mass is 324 g/mol. The van der Waals surface area contributed by atoms with E-state index in [0.29, 0.717) is 18.4 Å². The molecule has 0 saturated carbocycles. The van der Waals surface area contributed by atoms with E-state index in [1.54, 1.807) is 0 Å². The average molecular weight is 324 g/mol. The molecule has 1 atom stereocenters. The highest BCUT2D eigenvalue weighted by atomic mass is 16.6. The molecule has 1 rings (SSSR count). The number of aliphatic carboxylic acids is 1. The zero-order valence-electron chi connectivity index (χ0n) is 13.3. The second-order valence-electron chi connectivity index (χ2n) is 5.09. The number of carbonyl (C=O) groups is 2. The van der Waals surface area contributed by atoms with Crippen LogP contribution in [-0.4, -0.2) is 35.1 Å². The number of nitrogens with zero attached hydrogens (tertiary/aromatic N) is 1. The first-order valence-electron chi connectivity index (χ1n) is 7.18. The molecule has 0 aliphatic heterocycles. The highest BCUT2D eigenvalue weighted by molar-refractivity contribution is 5.97. The first kappa shape index (κ1) is 18.4. The number of nitrogens with one attached hydrogen (secondary N) is 1. The van der Waals surface area contributed by atoms with Crippen LogP contribution in [0.5, 0.6) is 5.75 Å². The van der Waals surface area contributed by atoms with Gasteiger partial charge in [0.15, 0.2) is 0 Å². The van der Waals surface area contributed by atoms with E-state index in [0.717, 1.165) is 12.5 Å². The van der Waals surface area contributed by atoms with Gasteiger partial charge in [0.05, 0.1) is 17.6 Å². The number of carboxylic acid groups (broad SMARTS) is 1. The number of hydrogen-bond acceptors (Lipinski definition) is 5. The Balaban J connectivity index is 3.09. The molecule has 0 saturated heterocycles. The fraction of sp³-hybridized carbons (Fsp3) is 0.467. The summed E-state index contributed by atoms with van der Waals surface area (Å²) in [6.45, 7) is 3.43. The summed E-state index contributed by atoms with van der Waals surface area (Å²) in [4.78, 5) is 33.9. The lowest BCUT2D eigenvalue weighted by molar-refractivity contribution is -0.385. The van der Waals surface area contributed by atoms with Crippen LogP contribution in [0.15, 0.2) is 12.1 Å². The second-order valence-corrected chi connectivity index (χ2v) is 5.09. The van der Waals surface area contributed by atoms with Crippen molar-refractivity contribution in [3.8, 4) is 5.75 Å². The minimum Gasteiger partial charge on any atom is -0.496 e. The summed E-state index contributed by atoms with van der Waals surface area (Å²) in [5.74, 6) is -1.62. The number of benzene rings is 1. The summed E-state index contributed by atoms with van der Waals surface area (Å²) in [5.41, 5.74) is 0.0339. The standard InChI is InChI=1S/C15H20N2O6/c1-4-5-6-11(15(19)20)16-14(18)10-7-12(17(21)22)9(2)13(8-10)23-3/h7-8,11H,4-6H2,1-3H3,(H,16,18)(H,19,20)/t11-/m0/s1. The summed E-state index contributed by atoms with van der Waals surface area (Å²) in [6, 6.07) is 1.44. The van der Waals surface area contributed by atoms with Crippen LogP contribution in [0, 0.1) is 17.0 Å². The van der Waals surface area contributed by atoms with Gasteiger partial charge in [-0.25, -0.2) is 4.79 Å². The number of hydrogen-bond donors (Lipinski definition) is 2. The van der Waals surface area contributed by atoms with Crippen LogP contribution in [0.4, 0.5) is 5.69 Å². The van der Waals surface area contributed by atoms with Crippen LogP contribution in [-0.2, 0) is 4.79 Å². The van der Waals surface area contributed by atoms with Gasteiger partial charge in [0.25, 0.3) is 11.6 Å². The van der Waals surface area contributed by atoms with Gasteiger partial charge in [-0.15, -0.1) is 0 Å². The molecule has 8 heteroatoms. The minimum atomic E-state index is -1.14. The van der Waals surface area contributed by atoms with E-state index in [2.05, 4.69) is 5.32 Å². The van der Waals surface area contributed by atoms with Crippen LogP contribution in [0.25, 0.3) is 0 Å². The lowest BCUT2D eigenvalue weighted by Gasteiger charge is -2.15. The van der Waals surface area contributed by atoms with E-state index in [-0.39, 0.29) is 17.0 Å². The van der Waals surface area contributed by atoms with Crippen molar-refractivity contribution in [1.82, 2.24) is 5.32 Å². The Morgan fingerprint density at radius 3 is 2.57 bits per heavy atom. The number of rotatable bonds is 8. The topological polar surface area (TPSA) is 119 Å². The van der Waals surface area contributed by atoms with Crippen molar-refractivity contribution in [3.63, 3.8) is 0 Å². The number of methoxy groups -OCH3 is 1. The normalized spacial score (nSPS) is 11.6. The third kappa shape index (κ3) is 4.67. The fourth-order valence-corrected chi connectivity index (χ4v) is 2.11. The highest BCUT2D eigenvalue weighted by Crippen LogP contribution is 2.29. The number of nitro groups is 1. The lowest BCUT2D eigenvalue weighted by atomic mass is 10.1. The van der Waals surface area contributed by atoms with Crippen LogP contribution >= 0.6 is 0 Å². The van der Waals surface area contributed by atoms with Crippen LogP contribution in [0.3, 0.4) is 0 Å². The molecule has 1 aromatic carbocycles. The van der Waals surface area contributed by atoms with E-state index in [4.69, 9.17) is 9.84 Å². The molecule has 0 bridgehead atoms. The SMILES string of the molecule is CCCC[C@H](NC(=O)c1cc(OC)c(C)c([N+](=O)[O-])c1)C(=O)O. The summed E-state index contributed by atoms with van der Waals surface area (Å²) in [5, 5.41) is 22.6. The van der Waals surface area contributed by atoms with Crippen LogP contribution in [0.1, 0.15) is 42.1 Å². The maximum atomic E-state index is 12.2. The Kier molecular flexibility index (Phi) is 6.49. The smallest absolute Gasteiger partial charge is 0.326 e. The van der Waals surface area contributed by atoms with Crippen molar-refractivity contribution in [1.29, 1.82) is 0 Å². The van der Waals surface area contributed by atoms with Crippen molar-refractivity contribution in [2.24, 2.45) is 0 Å². The number of carboxylic acids is 1. The Morgan fingerprint density at radius 1 is 1.43 bits per heavy atom. The van der Waals surface area contributed by atoms with E-state index < -0.39 is 22.8 Å². The first-order valence-corrected chi connectivity index (χ1v) is 7.18. The largest absolute Gasteiger partial charge is 0.496 e. The Labute approximate surface area is 133 Å². The predicted octanol–water partition coefficient (Wildman–Crippen LogP) is 2.29. The van der Waals surface area contributed by atoms with Crippen molar-refractivity contribution < 1.29 is 24.4 Å². The van der Waals surface area contributed by atoms with Gasteiger partial charge in [-0.1, -0.05) is 19.8 Å². The quantitative estimate of drug-likeness (QED) is 0.559. The number of carbonyl (C=O) groups excluding carboxylic acids is 1. The molecule has 8 nitrogen and oxygen atoms in total. The molecule has 0 aliphatic carbocycles. The molecule has 0 spiro atoms. The molecule has 126 valence electrons. The molecule has 2 N–H and O–H groups in total. The molecule has 0 fully saturated rings. The second kappa shape index (κ2) is 8.11. The van der Waals surface area contributed by atoms with E-state index in [9.17, 15) is 19.7 Å². The predicted molar refractivity (Wildman–Crippen MR) is 82.8 cm³/mol. The molecule has 0 aliphatic rings. The van der Waals surface area contributed by atoms with E-state index >= 15 is 0 Å². The maximum Gasteiger partial charge on any atom is 0.326 e. The number of ether oxygens (including phenoxy) is 1. The molecule has 23 heavy (non-hydrogen) atoms. The summed E-state index contributed by atoms with van der Waals surface area (Å²) in [6.07, 6.45) is 1.74. The van der Waals surface area contributed by atoms with Crippen LogP contribution < -0.4 is 10.1 Å². The Morgan fingerprint density at radius 2 is 2.09 bits per heavy atom. The van der Waals surface area contributed by atoms with Gasteiger partial charge in [-0.3, -0.25) is 14.9 Å². The van der Waals surface area contributed by atoms with E-state index in [1.165, 1.54) is 20.1 Å². The highest BCUT2D eigenvalue weighted by Gasteiger charge is 2.23. The molecular formula is C15H20N2O6. The van der Waals surface area contributed by atoms with E-state index in [1.807, 2.05) is 6.92 Å². The number of unbranched alkanes of at least 4 members (excludes halogenated alkanes) is 1. The Bertz CT molecular complexity index is 614. The molecule has 0 heterocycles. The van der Waals surface area contributed by atoms with Gasteiger partial charge in [0, 0.05) is 11.6 Å². The average Bonchev–Trinajstić information content (AvgIpc) is 2.50. The van der Waals surface area contributed by atoms with Gasteiger partial charge in [0.1, 0.15) is 11.8 Å². The lowest BCUT2D eigenvalue weighted by Crippen LogP contribution is -2.40. The molecular weight excluding hydrogens is 304 g/mol. The van der Waals surface area contributed by atoms with Gasteiger partial charge in [-0.2, -0.15) is 0 Å². The first-order chi connectivity index (χ1) is 10.8. The van der Waals surface area contributed by atoms with Crippen LogP contribution in [0.2, 0.25) is 0 Å². The third-order valence-corrected chi connectivity index (χ3v) is 3.46. The van der Waals surface area contributed by atoms with Crippen molar-refractivity contribution in [3.05, 3.63) is 33.4 Å².